The highest BCUT2D eigenvalue weighted by Gasteiger charge is 2.21. The molecule has 3 rings (SSSR count). The number of para-hydroxylation sites is 1. The number of hydrogen-bond acceptors (Lipinski definition) is 4. The Bertz CT molecular complexity index is 972. The fraction of sp³-hybridized carbons (Fsp3) is 0.150. The van der Waals surface area contributed by atoms with E-state index in [0.717, 1.165) is 15.0 Å². The van der Waals surface area contributed by atoms with E-state index >= 15 is 0 Å². The van der Waals surface area contributed by atoms with Crippen molar-refractivity contribution in [2.24, 2.45) is 0 Å². The van der Waals surface area contributed by atoms with Crippen molar-refractivity contribution in [2.75, 3.05) is 18.9 Å². The summed E-state index contributed by atoms with van der Waals surface area (Å²) in [6.45, 7) is 1.77. The predicted octanol–water partition coefficient (Wildman–Crippen LogP) is 4.59. The number of anilines is 1. The van der Waals surface area contributed by atoms with Crippen molar-refractivity contribution in [1.82, 2.24) is 9.88 Å². The Hall–Kier alpha value is -2.51. The van der Waals surface area contributed by atoms with Gasteiger partial charge in [0.15, 0.2) is 0 Å². The molecule has 1 N–H and O–H groups in total. The minimum atomic E-state index is -0.261. The molecule has 0 unspecified atom stereocenters. The maximum atomic E-state index is 12.8. The maximum Gasteiger partial charge on any atom is 0.266 e. The van der Waals surface area contributed by atoms with Crippen LogP contribution in [-0.2, 0) is 4.79 Å². The Morgan fingerprint density at radius 3 is 2.48 bits per heavy atom. The Balaban J connectivity index is 1.69. The average molecular weight is 444 g/mol. The smallest absolute Gasteiger partial charge is 0.266 e. The molecule has 0 radical (unpaired) electrons. The summed E-state index contributed by atoms with van der Waals surface area (Å²) in [5.74, 6) is -0.474. The van der Waals surface area contributed by atoms with Crippen LogP contribution in [0, 0.1) is 6.92 Å². The molecule has 0 spiro atoms. The van der Waals surface area contributed by atoms with E-state index in [9.17, 15) is 9.59 Å². The molecule has 0 aliphatic carbocycles. The summed E-state index contributed by atoms with van der Waals surface area (Å²) in [6.07, 6.45) is 0. The maximum absolute atomic E-state index is 12.8. The molecule has 0 saturated carbocycles. The van der Waals surface area contributed by atoms with Crippen LogP contribution < -0.4 is 5.32 Å². The lowest BCUT2D eigenvalue weighted by molar-refractivity contribution is -0.116. The van der Waals surface area contributed by atoms with E-state index in [1.54, 1.807) is 13.1 Å². The molecule has 27 heavy (non-hydrogen) atoms. The van der Waals surface area contributed by atoms with Gasteiger partial charge in [0.2, 0.25) is 5.91 Å². The van der Waals surface area contributed by atoms with E-state index in [-0.39, 0.29) is 18.4 Å². The van der Waals surface area contributed by atoms with Gasteiger partial charge in [-0.3, -0.25) is 9.59 Å². The first-order chi connectivity index (χ1) is 13.0. The van der Waals surface area contributed by atoms with Gasteiger partial charge in [-0.1, -0.05) is 42.5 Å². The number of halogens is 1. The molecule has 0 atom stereocenters. The molecule has 2 aromatic carbocycles. The lowest BCUT2D eigenvalue weighted by atomic mass is 10.2. The van der Waals surface area contributed by atoms with Gasteiger partial charge in [-0.2, -0.15) is 0 Å². The molecule has 0 aliphatic rings. The summed E-state index contributed by atoms with van der Waals surface area (Å²) >= 11 is 4.73. The van der Waals surface area contributed by atoms with E-state index in [1.807, 2.05) is 55.5 Å². The summed E-state index contributed by atoms with van der Waals surface area (Å²) in [6, 6.07) is 17.1. The standard InChI is InChI=1S/C20H18BrN3O2S/c1-13-18(27-19(22-13)14-8-4-3-5-9-14)20(26)24(2)12-17(25)23-16-11-7-6-10-15(16)21/h3-11H,12H2,1-2H3,(H,23,25). The van der Waals surface area contributed by atoms with Gasteiger partial charge >= 0.3 is 0 Å². The molecule has 0 bridgehead atoms. The van der Waals surface area contributed by atoms with Crippen molar-refractivity contribution in [2.45, 2.75) is 6.92 Å². The Labute approximate surface area is 170 Å². The topological polar surface area (TPSA) is 62.3 Å². The van der Waals surface area contributed by atoms with Gasteiger partial charge in [0.25, 0.3) is 5.91 Å². The molecule has 5 nitrogen and oxygen atoms in total. The molecule has 1 aromatic heterocycles. The first kappa shape index (κ1) is 19.3. The Kier molecular flexibility index (Phi) is 6.03. The molecule has 3 aromatic rings. The quantitative estimate of drug-likeness (QED) is 0.626. The van der Waals surface area contributed by atoms with Crippen LogP contribution in [0.15, 0.2) is 59.1 Å². The largest absolute Gasteiger partial charge is 0.332 e. The highest BCUT2D eigenvalue weighted by atomic mass is 79.9. The predicted molar refractivity (Wildman–Crippen MR) is 112 cm³/mol. The lowest BCUT2D eigenvalue weighted by Crippen LogP contribution is -2.34. The third kappa shape index (κ3) is 4.61. The first-order valence-corrected chi connectivity index (χ1v) is 9.89. The van der Waals surface area contributed by atoms with Crippen LogP contribution in [0.3, 0.4) is 0 Å². The fourth-order valence-electron chi connectivity index (χ4n) is 2.51. The van der Waals surface area contributed by atoms with Gasteiger partial charge in [-0.05, 0) is 35.0 Å². The molecular formula is C20H18BrN3O2S. The van der Waals surface area contributed by atoms with Gasteiger partial charge in [0, 0.05) is 17.1 Å². The summed E-state index contributed by atoms with van der Waals surface area (Å²) in [4.78, 5) is 31.5. The number of carbonyl (C=O) groups is 2. The fourth-order valence-corrected chi connectivity index (χ4v) is 3.96. The summed E-state index contributed by atoms with van der Waals surface area (Å²) < 4.78 is 0.790. The SMILES string of the molecule is Cc1nc(-c2ccccc2)sc1C(=O)N(C)CC(=O)Nc1ccccc1Br. The molecule has 1 heterocycles. The van der Waals surface area contributed by atoms with Crippen molar-refractivity contribution >= 4 is 44.8 Å². The number of amides is 2. The van der Waals surface area contributed by atoms with Gasteiger partial charge in [-0.15, -0.1) is 11.3 Å². The van der Waals surface area contributed by atoms with Crippen LogP contribution >= 0.6 is 27.3 Å². The molecule has 0 fully saturated rings. The number of thiazole rings is 1. The van der Waals surface area contributed by atoms with Crippen LogP contribution in [0.2, 0.25) is 0 Å². The molecule has 0 saturated heterocycles. The number of aryl methyl sites for hydroxylation is 1. The summed E-state index contributed by atoms with van der Waals surface area (Å²) in [7, 11) is 1.61. The lowest BCUT2D eigenvalue weighted by Gasteiger charge is -2.16. The third-order valence-electron chi connectivity index (χ3n) is 3.89. The summed E-state index contributed by atoms with van der Waals surface area (Å²) in [5.41, 5.74) is 2.31. The van der Waals surface area contributed by atoms with E-state index < -0.39 is 0 Å². The van der Waals surface area contributed by atoms with Gasteiger partial charge in [0.1, 0.15) is 9.88 Å². The number of nitrogens with zero attached hydrogens (tertiary/aromatic N) is 2. The number of hydrogen-bond donors (Lipinski definition) is 1. The van der Waals surface area contributed by atoms with Crippen molar-refractivity contribution in [3.8, 4) is 10.6 Å². The second kappa shape index (κ2) is 8.45. The zero-order valence-corrected chi connectivity index (χ0v) is 17.3. The highest BCUT2D eigenvalue weighted by Crippen LogP contribution is 2.28. The number of likely N-dealkylation sites (N-methyl/N-ethyl adjacent to an activating group) is 1. The van der Waals surface area contributed by atoms with Crippen molar-refractivity contribution in [1.29, 1.82) is 0 Å². The van der Waals surface area contributed by atoms with E-state index in [2.05, 4.69) is 26.2 Å². The number of nitrogens with one attached hydrogen (secondary N) is 1. The molecule has 0 aliphatic heterocycles. The second-order valence-electron chi connectivity index (χ2n) is 5.99. The third-order valence-corrected chi connectivity index (χ3v) is 5.77. The first-order valence-electron chi connectivity index (χ1n) is 8.28. The van der Waals surface area contributed by atoms with Crippen LogP contribution in [-0.4, -0.2) is 35.3 Å². The van der Waals surface area contributed by atoms with E-state index in [1.165, 1.54) is 16.2 Å². The van der Waals surface area contributed by atoms with Crippen LogP contribution in [0.4, 0.5) is 5.69 Å². The van der Waals surface area contributed by atoms with Crippen molar-refractivity contribution < 1.29 is 9.59 Å². The van der Waals surface area contributed by atoms with Crippen LogP contribution in [0.25, 0.3) is 10.6 Å². The second-order valence-corrected chi connectivity index (χ2v) is 7.84. The molecule has 7 heteroatoms. The van der Waals surface area contributed by atoms with Crippen LogP contribution in [0.5, 0.6) is 0 Å². The zero-order valence-electron chi connectivity index (χ0n) is 14.9. The normalized spacial score (nSPS) is 10.5. The highest BCUT2D eigenvalue weighted by molar-refractivity contribution is 9.10. The number of benzene rings is 2. The van der Waals surface area contributed by atoms with Crippen LogP contribution in [0.1, 0.15) is 15.4 Å². The molecular weight excluding hydrogens is 426 g/mol. The summed E-state index contributed by atoms with van der Waals surface area (Å²) in [5, 5.41) is 3.60. The number of aromatic nitrogens is 1. The number of carbonyl (C=O) groups excluding carboxylic acids is 2. The zero-order chi connectivity index (χ0) is 19.4. The van der Waals surface area contributed by atoms with Crippen molar-refractivity contribution in [3.05, 3.63) is 69.6 Å². The molecule has 2 amide bonds. The molecule has 138 valence electrons. The Morgan fingerprint density at radius 1 is 1.11 bits per heavy atom. The van der Waals surface area contributed by atoms with Gasteiger partial charge in [0.05, 0.1) is 17.9 Å². The average Bonchev–Trinajstić information content (AvgIpc) is 3.05. The van der Waals surface area contributed by atoms with E-state index in [0.29, 0.717) is 16.3 Å². The van der Waals surface area contributed by atoms with Gasteiger partial charge in [-0.25, -0.2) is 4.98 Å². The number of rotatable bonds is 5. The van der Waals surface area contributed by atoms with E-state index in [4.69, 9.17) is 0 Å². The van der Waals surface area contributed by atoms with Crippen molar-refractivity contribution in [3.63, 3.8) is 0 Å². The minimum Gasteiger partial charge on any atom is -0.332 e. The monoisotopic (exact) mass is 443 g/mol. The minimum absolute atomic E-state index is 0.0435. The van der Waals surface area contributed by atoms with Gasteiger partial charge < -0.3 is 10.2 Å². The Morgan fingerprint density at radius 2 is 1.78 bits per heavy atom.